The van der Waals surface area contributed by atoms with Gasteiger partial charge in [0, 0.05) is 42.5 Å². The smallest absolute Gasteiger partial charge is 0.336 e. The van der Waals surface area contributed by atoms with Gasteiger partial charge in [-0.3, -0.25) is 4.68 Å². The summed E-state index contributed by atoms with van der Waals surface area (Å²) in [5.74, 6) is -0.911. The number of aryl methyl sites for hydroxylation is 2. The molecule has 5 nitrogen and oxygen atoms in total. The van der Waals surface area contributed by atoms with Crippen molar-refractivity contribution in [2.24, 2.45) is 7.05 Å². The van der Waals surface area contributed by atoms with Crippen LogP contribution in [0, 0.1) is 0 Å². The molecular weight excluding hydrogens is 254 g/mol. The van der Waals surface area contributed by atoms with Crippen LogP contribution in [0.5, 0.6) is 0 Å². The lowest BCUT2D eigenvalue weighted by atomic mass is 10.0. The highest BCUT2D eigenvalue weighted by Crippen LogP contribution is 2.28. The van der Waals surface area contributed by atoms with E-state index in [1.807, 2.05) is 47.7 Å². The van der Waals surface area contributed by atoms with Gasteiger partial charge in [0.2, 0.25) is 0 Å². The van der Waals surface area contributed by atoms with Crippen LogP contribution in [-0.4, -0.2) is 25.4 Å². The quantitative estimate of drug-likeness (QED) is 0.795. The molecule has 0 aliphatic rings. The number of benzene rings is 1. The molecule has 0 bridgehead atoms. The van der Waals surface area contributed by atoms with E-state index in [-0.39, 0.29) is 0 Å². The van der Waals surface area contributed by atoms with Crippen LogP contribution in [0.4, 0.5) is 0 Å². The summed E-state index contributed by atoms with van der Waals surface area (Å²) in [5, 5.41) is 14.4. The number of carboxylic acids is 1. The summed E-state index contributed by atoms with van der Waals surface area (Å²) in [4.78, 5) is 11.4. The molecule has 0 unspecified atom stereocenters. The fraction of sp³-hybridized carbons (Fsp3) is 0.200. The van der Waals surface area contributed by atoms with E-state index < -0.39 is 5.97 Å². The molecule has 3 rings (SSSR count). The molecule has 0 saturated carbocycles. The predicted octanol–water partition coefficient (Wildman–Crippen LogP) is 2.76. The van der Waals surface area contributed by atoms with Crippen LogP contribution < -0.4 is 0 Å². The Labute approximate surface area is 116 Å². The van der Waals surface area contributed by atoms with Gasteiger partial charge in [0.05, 0.1) is 11.8 Å². The van der Waals surface area contributed by atoms with E-state index in [1.54, 1.807) is 12.3 Å². The Hall–Kier alpha value is -2.56. The van der Waals surface area contributed by atoms with E-state index in [4.69, 9.17) is 0 Å². The Morgan fingerprint density at radius 2 is 2.15 bits per heavy atom. The normalized spacial score (nSPS) is 11.1. The minimum atomic E-state index is -0.911. The molecule has 3 aromatic rings. The van der Waals surface area contributed by atoms with Crippen LogP contribution in [-0.2, 0) is 13.6 Å². The van der Waals surface area contributed by atoms with Crippen molar-refractivity contribution in [3.8, 4) is 11.1 Å². The van der Waals surface area contributed by atoms with Gasteiger partial charge in [0.25, 0.3) is 0 Å². The Bertz CT molecular complexity index is 799. The van der Waals surface area contributed by atoms with Crippen molar-refractivity contribution in [1.82, 2.24) is 14.3 Å². The van der Waals surface area contributed by atoms with Crippen molar-refractivity contribution in [2.45, 2.75) is 13.5 Å². The largest absolute Gasteiger partial charge is 0.478 e. The zero-order valence-electron chi connectivity index (χ0n) is 11.4. The molecule has 0 fully saturated rings. The zero-order valence-corrected chi connectivity index (χ0v) is 11.4. The number of aromatic nitrogens is 3. The molecule has 1 aromatic carbocycles. The SMILES string of the molecule is CCn1cc(-c2cc(C(=O)O)c3ccn(C)c3c2)cn1. The number of aromatic carboxylic acids is 1. The van der Waals surface area contributed by atoms with Gasteiger partial charge in [-0.25, -0.2) is 4.79 Å². The van der Waals surface area contributed by atoms with Crippen LogP contribution in [0.15, 0.2) is 36.8 Å². The molecular formula is C15H15N3O2. The van der Waals surface area contributed by atoms with Crippen molar-refractivity contribution in [3.63, 3.8) is 0 Å². The van der Waals surface area contributed by atoms with Gasteiger partial charge in [-0.05, 0) is 30.7 Å². The van der Waals surface area contributed by atoms with E-state index in [9.17, 15) is 9.90 Å². The van der Waals surface area contributed by atoms with Gasteiger partial charge in [-0.15, -0.1) is 0 Å². The van der Waals surface area contributed by atoms with E-state index in [2.05, 4.69) is 5.10 Å². The van der Waals surface area contributed by atoms with E-state index in [1.165, 1.54) is 0 Å². The van der Waals surface area contributed by atoms with Gasteiger partial charge in [0.1, 0.15) is 0 Å². The van der Waals surface area contributed by atoms with Gasteiger partial charge >= 0.3 is 5.97 Å². The fourth-order valence-corrected chi connectivity index (χ4v) is 2.40. The summed E-state index contributed by atoms with van der Waals surface area (Å²) in [7, 11) is 1.91. The second-order valence-corrected chi connectivity index (χ2v) is 4.77. The second kappa shape index (κ2) is 4.52. The zero-order chi connectivity index (χ0) is 14.3. The molecule has 20 heavy (non-hydrogen) atoms. The summed E-state index contributed by atoms with van der Waals surface area (Å²) in [6.07, 6.45) is 5.56. The summed E-state index contributed by atoms with van der Waals surface area (Å²) >= 11 is 0. The lowest BCUT2D eigenvalue weighted by Gasteiger charge is -2.05. The van der Waals surface area contributed by atoms with E-state index >= 15 is 0 Å². The Balaban J connectivity index is 2.25. The van der Waals surface area contributed by atoms with Crippen LogP contribution in [0.1, 0.15) is 17.3 Å². The third-order valence-corrected chi connectivity index (χ3v) is 3.52. The molecule has 0 saturated heterocycles. The third-order valence-electron chi connectivity index (χ3n) is 3.52. The summed E-state index contributed by atoms with van der Waals surface area (Å²) in [6, 6.07) is 5.54. The molecule has 2 heterocycles. The minimum absolute atomic E-state index is 0.322. The van der Waals surface area contributed by atoms with Gasteiger partial charge in [-0.1, -0.05) is 0 Å². The highest BCUT2D eigenvalue weighted by Gasteiger charge is 2.14. The molecule has 0 aliphatic heterocycles. The van der Waals surface area contributed by atoms with Gasteiger partial charge in [-0.2, -0.15) is 5.10 Å². The maximum absolute atomic E-state index is 11.4. The Morgan fingerprint density at radius 1 is 1.35 bits per heavy atom. The average molecular weight is 269 g/mol. The number of carbonyl (C=O) groups is 1. The highest BCUT2D eigenvalue weighted by atomic mass is 16.4. The average Bonchev–Trinajstić information content (AvgIpc) is 3.05. The minimum Gasteiger partial charge on any atom is -0.478 e. The molecule has 0 aliphatic carbocycles. The topological polar surface area (TPSA) is 60.1 Å². The first kappa shape index (κ1) is 12.5. The standard InChI is InChI=1S/C15H15N3O2/c1-3-18-9-11(8-16-18)10-6-13(15(19)20)12-4-5-17(2)14(12)7-10/h4-9H,3H2,1-2H3,(H,19,20). The molecule has 0 atom stereocenters. The number of rotatable bonds is 3. The van der Waals surface area contributed by atoms with Crippen LogP contribution in [0.2, 0.25) is 0 Å². The molecule has 0 spiro atoms. The first-order valence-electron chi connectivity index (χ1n) is 6.45. The van der Waals surface area contributed by atoms with Crippen molar-refractivity contribution >= 4 is 16.9 Å². The van der Waals surface area contributed by atoms with Crippen molar-refractivity contribution < 1.29 is 9.90 Å². The van der Waals surface area contributed by atoms with Crippen molar-refractivity contribution in [2.75, 3.05) is 0 Å². The third kappa shape index (κ3) is 1.87. The summed E-state index contributed by atoms with van der Waals surface area (Å²) in [6.45, 7) is 2.80. The first-order valence-corrected chi connectivity index (χ1v) is 6.45. The maximum Gasteiger partial charge on any atom is 0.336 e. The van der Waals surface area contributed by atoms with E-state index in [0.29, 0.717) is 5.56 Å². The number of carboxylic acid groups (broad SMARTS) is 1. The number of fused-ring (bicyclic) bond motifs is 1. The first-order chi connectivity index (χ1) is 9.60. The molecule has 5 heteroatoms. The number of hydrogen-bond donors (Lipinski definition) is 1. The highest BCUT2D eigenvalue weighted by molar-refractivity contribution is 6.05. The monoisotopic (exact) mass is 269 g/mol. The molecule has 1 N–H and O–H groups in total. The molecule has 2 aromatic heterocycles. The Morgan fingerprint density at radius 3 is 2.80 bits per heavy atom. The maximum atomic E-state index is 11.4. The fourth-order valence-electron chi connectivity index (χ4n) is 2.40. The second-order valence-electron chi connectivity index (χ2n) is 4.77. The molecule has 0 amide bonds. The summed E-state index contributed by atoms with van der Waals surface area (Å²) in [5.41, 5.74) is 3.03. The van der Waals surface area contributed by atoms with Crippen molar-refractivity contribution in [1.29, 1.82) is 0 Å². The van der Waals surface area contributed by atoms with Crippen LogP contribution in [0.25, 0.3) is 22.0 Å². The van der Waals surface area contributed by atoms with Crippen molar-refractivity contribution in [3.05, 3.63) is 42.4 Å². The lowest BCUT2D eigenvalue weighted by molar-refractivity contribution is 0.0699. The van der Waals surface area contributed by atoms with E-state index in [0.717, 1.165) is 28.6 Å². The van der Waals surface area contributed by atoms with Crippen LogP contribution >= 0.6 is 0 Å². The number of nitrogens with zero attached hydrogens (tertiary/aromatic N) is 3. The summed E-state index contributed by atoms with van der Waals surface area (Å²) < 4.78 is 3.75. The molecule has 102 valence electrons. The predicted molar refractivity (Wildman–Crippen MR) is 76.8 cm³/mol. The Kier molecular flexibility index (Phi) is 2.82. The number of hydrogen-bond acceptors (Lipinski definition) is 2. The van der Waals surface area contributed by atoms with Gasteiger partial charge < -0.3 is 9.67 Å². The van der Waals surface area contributed by atoms with Gasteiger partial charge in [0.15, 0.2) is 0 Å². The van der Waals surface area contributed by atoms with Crippen LogP contribution in [0.3, 0.4) is 0 Å². The molecule has 0 radical (unpaired) electrons. The lowest BCUT2D eigenvalue weighted by Crippen LogP contribution is -1.98.